The summed E-state index contributed by atoms with van der Waals surface area (Å²) >= 11 is 0. The number of hydrogen-bond acceptors (Lipinski definition) is 5. The van der Waals surface area contributed by atoms with Crippen LogP contribution in [-0.2, 0) is 14.3 Å². The summed E-state index contributed by atoms with van der Waals surface area (Å²) in [5.41, 5.74) is 10.7. The molecule has 0 radical (unpaired) electrons. The molecule has 1 aliphatic rings. The van der Waals surface area contributed by atoms with E-state index >= 15 is 0 Å². The van der Waals surface area contributed by atoms with Gasteiger partial charge >= 0.3 is 0 Å². The number of nitrogens with zero attached hydrogens (tertiary/aromatic N) is 1. The molecule has 3 unspecified atom stereocenters. The van der Waals surface area contributed by atoms with Crippen LogP contribution < -0.4 is 11.5 Å². The lowest BCUT2D eigenvalue weighted by Crippen LogP contribution is -2.51. The number of ether oxygens (including phenoxy) is 1. The Bertz CT molecular complexity index is 284. The van der Waals surface area contributed by atoms with E-state index in [1.807, 2.05) is 0 Å². The lowest BCUT2D eigenvalue weighted by Gasteiger charge is -2.24. The van der Waals surface area contributed by atoms with Crippen LogP contribution in [0, 0.1) is 0 Å². The Kier molecular flexibility index (Phi) is 4.22. The van der Waals surface area contributed by atoms with Crippen molar-refractivity contribution in [1.29, 1.82) is 0 Å². The molecule has 3 atom stereocenters. The molecule has 1 saturated heterocycles. The highest BCUT2D eigenvalue weighted by molar-refractivity contribution is 5.89. The number of aliphatic hydroxyl groups is 1. The number of β-amino-alcohol motifs (C(OH)–C–C–N with tert-alkyl or cyclic N) is 1. The van der Waals surface area contributed by atoms with Gasteiger partial charge in [0.2, 0.25) is 11.8 Å². The molecule has 7 heteroatoms. The monoisotopic (exact) mass is 231 g/mol. The predicted octanol–water partition coefficient (Wildman–Crippen LogP) is -2.59. The molecule has 1 fully saturated rings. The van der Waals surface area contributed by atoms with Crippen molar-refractivity contribution in [3.63, 3.8) is 0 Å². The maximum absolute atomic E-state index is 11.8. The highest BCUT2D eigenvalue weighted by Crippen LogP contribution is 2.18. The minimum Gasteiger partial charge on any atom is -0.391 e. The fraction of sp³-hybridized carbons (Fsp3) is 0.778. The van der Waals surface area contributed by atoms with E-state index in [9.17, 15) is 14.7 Å². The van der Waals surface area contributed by atoms with Gasteiger partial charge in [-0.2, -0.15) is 0 Å². The van der Waals surface area contributed by atoms with Crippen LogP contribution in [0.2, 0.25) is 0 Å². The van der Waals surface area contributed by atoms with Crippen LogP contribution in [-0.4, -0.2) is 60.3 Å². The van der Waals surface area contributed by atoms with E-state index in [2.05, 4.69) is 0 Å². The Morgan fingerprint density at radius 1 is 1.62 bits per heavy atom. The third-order valence-corrected chi connectivity index (χ3v) is 2.55. The normalized spacial score (nSPS) is 26.8. The van der Waals surface area contributed by atoms with Gasteiger partial charge in [0.25, 0.3) is 0 Å². The molecule has 7 nitrogen and oxygen atoms in total. The SMILES string of the molecule is COCC(N)C(=O)N1CC(O)CC1C(N)=O. The van der Waals surface area contributed by atoms with Gasteiger partial charge in [-0.3, -0.25) is 9.59 Å². The van der Waals surface area contributed by atoms with Crippen molar-refractivity contribution < 1.29 is 19.4 Å². The van der Waals surface area contributed by atoms with Crippen molar-refractivity contribution in [2.75, 3.05) is 20.3 Å². The second kappa shape index (κ2) is 5.24. The summed E-state index contributed by atoms with van der Waals surface area (Å²) in [4.78, 5) is 24.1. The fourth-order valence-electron chi connectivity index (χ4n) is 1.79. The zero-order valence-electron chi connectivity index (χ0n) is 9.13. The number of nitrogens with two attached hydrogens (primary N) is 2. The lowest BCUT2D eigenvalue weighted by atomic mass is 10.2. The highest BCUT2D eigenvalue weighted by atomic mass is 16.5. The minimum absolute atomic E-state index is 0.0664. The van der Waals surface area contributed by atoms with Gasteiger partial charge in [0.05, 0.1) is 12.7 Å². The Labute approximate surface area is 93.3 Å². The zero-order valence-corrected chi connectivity index (χ0v) is 9.13. The molecule has 0 aromatic heterocycles. The van der Waals surface area contributed by atoms with E-state index in [1.165, 1.54) is 12.0 Å². The van der Waals surface area contributed by atoms with Crippen LogP contribution in [0.25, 0.3) is 0 Å². The highest BCUT2D eigenvalue weighted by Gasteiger charge is 2.39. The molecule has 0 aromatic rings. The van der Waals surface area contributed by atoms with Gasteiger partial charge in [-0.05, 0) is 0 Å². The van der Waals surface area contributed by atoms with Gasteiger partial charge in [-0.25, -0.2) is 0 Å². The maximum atomic E-state index is 11.8. The van der Waals surface area contributed by atoms with Crippen LogP contribution in [0.4, 0.5) is 0 Å². The van der Waals surface area contributed by atoms with Crippen LogP contribution >= 0.6 is 0 Å². The number of primary amides is 1. The summed E-state index contributed by atoms with van der Waals surface area (Å²) < 4.78 is 4.76. The molecule has 1 heterocycles. The van der Waals surface area contributed by atoms with Crippen molar-refractivity contribution in [2.24, 2.45) is 11.5 Å². The largest absolute Gasteiger partial charge is 0.391 e. The zero-order chi connectivity index (χ0) is 12.3. The summed E-state index contributed by atoms with van der Waals surface area (Å²) in [5.74, 6) is -1.06. The van der Waals surface area contributed by atoms with E-state index in [1.54, 1.807) is 0 Å². The molecule has 1 aliphatic heterocycles. The molecule has 0 bridgehead atoms. The van der Waals surface area contributed by atoms with Gasteiger partial charge in [0.1, 0.15) is 12.1 Å². The first-order chi connectivity index (χ1) is 7.47. The van der Waals surface area contributed by atoms with Crippen LogP contribution in [0.1, 0.15) is 6.42 Å². The number of carbonyl (C=O) groups excluding carboxylic acids is 2. The third-order valence-electron chi connectivity index (χ3n) is 2.55. The van der Waals surface area contributed by atoms with Gasteiger partial charge in [-0.1, -0.05) is 0 Å². The van der Waals surface area contributed by atoms with Crippen LogP contribution in [0.5, 0.6) is 0 Å². The number of amides is 2. The molecule has 16 heavy (non-hydrogen) atoms. The van der Waals surface area contributed by atoms with Crippen molar-refractivity contribution in [1.82, 2.24) is 4.90 Å². The number of aliphatic hydroxyl groups excluding tert-OH is 1. The maximum Gasteiger partial charge on any atom is 0.242 e. The van der Waals surface area contributed by atoms with Crippen LogP contribution in [0.15, 0.2) is 0 Å². The first-order valence-corrected chi connectivity index (χ1v) is 4.99. The molecule has 92 valence electrons. The molecule has 2 amide bonds. The average molecular weight is 231 g/mol. The first-order valence-electron chi connectivity index (χ1n) is 4.99. The van der Waals surface area contributed by atoms with Crippen molar-refractivity contribution in [3.05, 3.63) is 0 Å². The summed E-state index contributed by atoms with van der Waals surface area (Å²) in [6.07, 6.45) is -0.558. The Morgan fingerprint density at radius 3 is 2.75 bits per heavy atom. The van der Waals surface area contributed by atoms with Crippen molar-refractivity contribution in [2.45, 2.75) is 24.6 Å². The smallest absolute Gasteiger partial charge is 0.242 e. The molecular weight excluding hydrogens is 214 g/mol. The Morgan fingerprint density at radius 2 is 2.25 bits per heavy atom. The van der Waals surface area contributed by atoms with Crippen molar-refractivity contribution >= 4 is 11.8 Å². The van der Waals surface area contributed by atoms with E-state index in [0.717, 1.165) is 0 Å². The molecule has 0 aliphatic carbocycles. The predicted molar refractivity (Wildman–Crippen MR) is 55.2 cm³/mol. The van der Waals surface area contributed by atoms with E-state index in [-0.39, 0.29) is 19.6 Å². The minimum atomic E-state index is -0.836. The molecular formula is C9H17N3O4. The molecule has 5 N–H and O–H groups in total. The van der Waals surface area contributed by atoms with Gasteiger partial charge in [0.15, 0.2) is 0 Å². The summed E-state index contributed by atoms with van der Waals surface area (Å²) in [6.45, 7) is 0.154. The average Bonchev–Trinajstić information content (AvgIpc) is 2.59. The van der Waals surface area contributed by atoms with E-state index < -0.39 is 30.0 Å². The lowest BCUT2D eigenvalue weighted by molar-refractivity contribution is -0.139. The summed E-state index contributed by atoms with van der Waals surface area (Å²) in [5, 5.41) is 9.41. The standard InChI is InChI=1S/C9H17N3O4/c1-16-4-6(10)9(15)12-3-5(13)2-7(12)8(11)14/h5-7,13H,2-4,10H2,1H3,(H2,11,14). The number of methoxy groups -OCH3 is 1. The Hall–Kier alpha value is -1.18. The molecule has 0 saturated carbocycles. The second-order valence-corrected chi connectivity index (χ2v) is 3.86. The van der Waals surface area contributed by atoms with E-state index in [4.69, 9.17) is 16.2 Å². The number of rotatable bonds is 4. The Balaban J connectivity index is 2.70. The second-order valence-electron chi connectivity index (χ2n) is 3.86. The van der Waals surface area contributed by atoms with Crippen LogP contribution in [0.3, 0.4) is 0 Å². The van der Waals surface area contributed by atoms with Gasteiger partial charge in [0, 0.05) is 20.1 Å². The number of hydrogen-bond donors (Lipinski definition) is 3. The first kappa shape index (κ1) is 12.9. The van der Waals surface area contributed by atoms with Crippen molar-refractivity contribution in [3.8, 4) is 0 Å². The van der Waals surface area contributed by atoms with Gasteiger partial charge < -0.3 is 26.2 Å². The third kappa shape index (κ3) is 2.69. The molecule has 0 aromatic carbocycles. The number of carbonyl (C=O) groups is 2. The van der Waals surface area contributed by atoms with E-state index in [0.29, 0.717) is 0 Å². The van der Waals surface area contributed by atoms with Gasteiger partial charge in [-0.15, -0.1) is 0 Å². The quantitative estimate of drug-likeness (QED) is 0.490. The number of likely N-dealkylation sites (tertiary alicyclic amines) is 1. The molecule has 1 rings (SSSR count). The molecule has 0 spiro atoms. The fourth-order valence-corrected chi connectivity index (χ4v) is 1.79. The summed E-state index contributed by atoms with van der Waals surface area (Å²) in [7, 11) is 1.43. The topological polar surface area (TPSA) is 119 Å². The summed E-state index contributed by atoms with van der Waals surface area (Å²) in [6, 6.07) is -1.61.